The first-order valence-corrected chi connectivity index (χ1v) is 6.14. The van der Waals surface area contributed by atoms with Crippen molar-refractivity contribution in [3.05, 3.63) is 28.8 Å². The third-order valence-electron chi connectivity index (χ3n) is 2.69. The molecule has 0 spiro atoms. The lowest BCUT2D eigenvalue weighted by atomic mass is 10.1. The minimum absolute atomic E-state index is 0.0611. The van der Waals surface area contributed by atoms with Gasteiger partial charge in [-0.1, -0.05) is 17.7 Å². The number of rotatable bonds is 4. The zero-order valence-corrected chi connectivity index (χ0v) is 10.6. The van der Waals surface area contributed by atoms with Crippen molar-refractivity contribution in [1.29, 1.82) is 0 Å². The van der Waals surface area contributed by atoms with Crippen LogP contribution in [0.3, 0.4) is 0 Å². The minimum atomic E-state index is -4.51. The highest BCUT2D eigenvalue weighted by atomic mass is 35.5. The molecule has 1 fully saturated rings. The largest absolute Gasteiger partial charge is 0.418 e. The number of anilines is 1. The van der Waals surface area contributed by atoms with Crippen LogP contribution in [0.1, 0.15) is 18.4 Å². The van der Waals surface area contributed by atoms with Crippen LogP contribution in [0.5, 0.6) is 0 Å². The Morgan fingerprint density at radius 2 is 2.05 bits per heavy atom. The zero-order valence-electron chi connectivity index (χ0n) is 9.85. The summed E-state index contributed by atoms with van der Waals surface area (Å²) in [6, 6.07) is 3.66. The molecule has 3 nitrogen and oxygen atoms in total. The standard InChI is InChI=1S/C12H12ClF3N2O/c13-9-3-1-2-8(12(14,15)16)11(9)17-6-10(19)18-7-4-5-7/h1-3,7,17H,4-6H2,(H,18,19). The molecule has 19 heavy (non-hydrogen) atoms. The van der Waals surface area contributed by atoms with Gasteiger partial charge in [-0.15, -0.1) is 0 Å². The lowest BCUT2D eigenvalue weighted by molar-refractivity contribution is -0.137. The highest BCUT2D eigenvalue weighted by Gasteiger charge is 2.34. The zero-order chi connectivity index (χ0) is 14.0. The second kappa shape index (κ2) is 5.28. The molecular formula is C12H12ClF3N2O. The molecule has 0 heterocycles. The van der Waals surface area contributed by atoms with E-state index in [1.807, 2.05) is 0 Å². The maximum atomic E-state index is 12.8. The molecule has 1 saturated carbocycles. The van der Waals surface area contributed by atoms with Gasteiger partial charge in [0.25, 0.3) is 0 Å². The van der Waals surface area contributed by atoms with E-state index >= 15 is 0 Å². The van der Waals surface area contributed by atoms with Crippen molar-refractivity contribution in [2.75, 3.05) is 11.9 Å². The van der Waals surface area contributed by atoms with Gasteiger partial charge in [0.15, 0.2) is 0 Å². The summed E-state index contributed by atoms with van der Waals surface area (Å²) < 4.78 is 38.3. The maximum Gasteiger partial charge on any atom is 0.418 e. The van der Waals surface area contributed by atoms with Crippen LogP contribution < -0.4 is 10.6 Å². The average Bonchev–Trinajstić information content (AvgIpc) is 3.09. The molecule has 1 amide bonds. The number of hydrogen-bond donors (Lipinski definition) is 2. The average molecular weight is 293 g/mol. The molecule has 1 aromatic rings. The number of halogens is 4. The fraction of sp³-hybridized carbons (Fsp3) is 0.417. The molecule has 0 atom stereocenters. The predicted octanol–water partition coefficient (Wildman–Crippen LogP) is 3.05. The van der Waals surface area contributed by atoms with Gasteiger partial charge in [0, 0.05) is 6.04 Å². The number of amides is 1. The van der Waals surface area contributed by atoms with E-state index in [1.165, 1.54) is 12.1 Å². The quantitative estimate of drug-likeness (QED) is 0.895. The Morgan fingerprint density at radius 1 is 1.37 bits per heavy atom. The van der Waals surface area contributed by atoms with E-state index in [1.54, 1.807) is 0 Å². The van der Waals surface area contributed by atoms with Crippen LogP contribution in [-0.4, -0.2) is 18.5 Å². The second-order valence-corrected chi connectivity index (χ2v) is 4.76. The molecular weight excluding hydrogens is 281 g/mol. The number of para-hydroxylation sites is 1. The first-order chi connectivity index (χ1) is 8.88. The third kappa shape index (κ3) is 3.76. The molecule has 104 valence electrons. The van der Waals surface area contributed by atoms with Crippen molar-refractivity contribution in [3.8, 4) is 0 Å². The van der Waals surface area contributed by atoms with Gasteiger partial charge in [-0.2, -0.15) is 13.2 Å². The first kappa shape index (κ1) is 14.0. The van der Waals surface area contributed by atoms with Crippen LogP contribution in [0.25, 0.3) is 0 Å². The molecule has 1 aromatic carbocycles. The molecule has 1 aliphatic carbocycles. The van der Waals surface area contributed by atoms with E-state index in [-0.39, 0.29) is 29.2 Å². The highest BCUT2D eigenvalue weighted by molar-refractivity contribution is 6.33. The summed E-state index contributed by atoms with van der Waals surface area (Å²) in [7, 11) is 0. The number of carbonyl (C=O) groups excluding carboxylic acids is 1. The summed E-state index contributed by atoms with van der Waals surface area (Å²) in [6.45, 7) is -0.233. The van der Waals surface area contributed by atoms with Gasteiger partial charge in [0.1, 0.15) is 0 Å². The van der Waals surface area contributed by atoms with Crippen LogP contribution in [-0.2, 0) is 11.0 Å². The number of nitrogens with one attached hydrogen (secondary N) is 2. The molecule has 0 radical (unpaired) electrons. The molecule has 0 saturated heterocycles. The fourth-order valence-electron chi connectivity index (χ4n) is 1.62. The van der Waals surface area contributed by atoms with Crippen LogP contribution in [0.15, 0.2) is 18.2 Å². The number of carbonyl (C=O) groups is 1. The van der Waals surface area contributed by atoms with E-state index in [0.717, 1.165) is 18.9 Å². The first-order valence-electron chi connectivity index (χ1n) is 5.77. The molecule has 0 bridgehead atoms. The molecule has 0 unspecified atom stereocenters. The molecule has 0 aliphatic heterocycles. The van der Waals surface area contributed by atoms with E-state index in [4.69, 9.17) is 11.6 Å². The van der Waals surface area contributed by atoms with E-state index < -0.39 is 11.7 Å². The van der Waals surface area contributed by atoms with Gasteiger partial charge in [-0.3, -0.25) is 4.79 Å². The molecule has 7 heteroatoms. The maximum absolute atomic E-state index is 12.8. The Balaban J connectivity index is 2.07. The van der Waals surface area contributed by atoms with Crippen molar-refractivity contribution in [1.82, 2.24) is 5.32 Å². The van der Waals surface area contributed by atoms with Gasteiger partial charge in [0.05, 0.1) is 22.8 Å². The molecule has 1 aliphatic rings. The smallest absolute Gasteiger partial charge is 0.374 e. The van der Waals surface area contributed by atoms with Crippen molar-refractivity contribution in [3.63, 3.8) is 0 Å². The van der Waals surface area contributed by atoms with E-state index in [0.29, 0.717) is 0 Å². The lowest BCUT2D eigenvalue weighted by Crippen LogP contribution is -2.31. The number of hydrogen-bond acceptors (Lipinski definition) is 2. The van der Waals surface area contributed by atoms with Gasteiger partial charge in [0.2, 0.25) is 5.91 Å². The van der Waals surface area contributed by atoms with Gasteiger partial charge >= 0.3 is 6.18 Å². The Labute approximate surface area is 113 Å². The summed E-state index contributed by atoms with van der Waals surface area (Å²) in [5.74, 6) is -0.337. The summed E-state index contributed by atoms with van der Waals surface area (Å²) in [5, 5.41) is 5.07. The number of alkyl halides is 3. The van der Waals surface area contributed by atoms with Crippen LogP contribution in [0.2, 0.25) is 5.02 Å². The third-order valence-corrected chi connectivity index (χ3v) is 3.00. The normalized spacial score (nSPS) is 15.2. The Bertz CT molecular complexity index is 486. The van der Waals surface area contributed by atoms with Crippen molar-refractivity contribution >= 4 is 23.2 Å². The predicted molar refractivity (Wildman–Crippen MR) is 66.1 cm³/mol. The van der Waals surface area contributed by atoms with Crippen LogP contribution >= 0.6 is 11.6 Å². The van der Waals surface area contributed by atoms with Gasteiger partial charge in [-0.25, -0.2) is 0 Å². The van der Waals surface area contributed by atoms with Crippen LogP contribution in [0.4, 0.5) is 18.9 Å². The van der Waals surface area contributed by atoms with Gasteiger partial charge < -0.3 is 10.6 Å². The van der Waals surface area contributed by atoms with E-state index in [2.05, 4.69) is 10.6 Å². The summed E-state index contributed by atoms with van der Waals surface area (Å²) >= 11 is 5.74. The minimum Gasteiger partial charge on any atom is -0.374 e. The fourth-order valence-corrected chi connectivity index (χ4v) is 1.86. The Hall–Kier alpha value is -1.43. The molecule has 2 N–H and O–H groups in total. The topological polar surface area (TPSA) is 41.1 Å². The Morgan fingerprint density at radius 3 is 2.63 bits per heavy atom. The number of benzene rings is 1. The van der Waals surface area contributed by atoms with Crippen molar-refractivity contribution in [2.45, 2.75) is 25.1 Å². The molecule has 2 rings (SSSR count). The SMILES string of the molecule is O=C(CNc1c(Cl)cccc1C(F)(F)F)NC1CC1. The van der Waals surface area contributed by atoms with E-state index in [9.17, 15) is 18.0 Å². The lowest BCUT2D eigenvalue weighted by Gasteiger charge is -2.15. The summed E-state index contributed by atoms with van der Waals surface area (Å²) in [5.41, 5.74) is -1.14. The second-order valence-electron chi connectivity index (χ2n) is 4.36. The monoisotopic (exact) mass is 292 g/mol. The van der Waals surface area contributed by atoms with Crippen molar-refractivity contribution < 1.29 is 18.0 Å². The van der Waals surface area contributed by atoms with Crippen LogP contribution in [0, 0.1) is 0 Å². The summed E-state index contributed by atoms with van der Waals surface area (Å²) in [4.78, 5) is 11.4. The van der Waals surface area contributed by atoms with Gasteiger partial charge in [-0.05, 0) is 25.0 Å². The van der Waals surface area contributed by atoms with Crippen molar-refractivity contribution in [2.24, 2.45) is 0 Å². The Kier molecular flexibility index (Phi) is 3.89. The summed E-state index contributed by atoms with van der Waals surface area (Å²) in [6.07, 6.45) is -2.67. The molecule has 0 aromatic heterocycles. The highest BCUT2D eigenvalue weighted by Crippen LogP contribution is 2.38.